The van der Waals surface area contributed by atoms with E-state index >= 15 is 0 Å². The summed E-state index contributed by atoms with van der Waals surface area (Å²) >= 11 is 5.80. The minimum atomic E-state index is -3.75. The molecule has 0 aliphatic heterocycles. The minimum absolute atomic E-state index is 0.0267. The van der Waals surface area contributed by atoms with E-state index in [4.69, 9.17) is 16.7 Å². The Balaban J connectivity index is 1.82. The zero-order chi connectivity index (χ0) is 21.6. The van der Waals surface area contributed by atoms with E-state index in [0.717, 1.165) is 5.56 Å². The van der Waals surface area contributed by atoms with Crippen molar-refractivity contribution in [1.29, 1.82) is 0 Å². The van der Waals surface area contributed by atoms with E-state index in [-0.39, 0.29) is 29.2 Å². The Morgan fingerprint density at radius 2 is 1.69 bits per heavy atom. The second kappa shape index (κ2) is 9.87. The summed E-state index contributed by atoms with van der Waals surface area (Å²) in [5, 5.41) is 8.43. The number of carbonyl (C=O) groups is 2. The predicted octanol–water partition coefficient (Wildman–Crippen LogP) is 2.72. The van der Waals surface area contributed by atoms with Gasteiger partial charge in [0, 0.05) is 30.6 Å². The molecule has 0 spiro atoms. The maximum absolute atomic E-state index is 12.4. The molecule has 0 aliphatic carbocycles. The molecule has 1 atom stereocenters. The molecular weight excluding hydrogens is 414 g/mol. The molecule has 0 heterocycles. The number of benzene rings is 2. The molecule has 2 rings (SSSR count). The van der Waals surface area contributed by atoms with Crippen LogP contribution >= 0.6 is 11.6 Å². The van der Waals surface area contributed by atoms with Crippen LogP contribution in [0.2, 0.25) is 5.02 Å². The quantitative estimate of drug-likeness (QED) is 0.618. The van der Waals surface area contributed by atoms with E-state index in [1.807, 2.05) is 6.92 Å². The molecular formula is C20H24ClN3O4S. The summed E-state index contributed by atoms with van der Waals surface area (Å²) in [6, 6.07) is 12.5. The van der Waals surface area contributed by atoms with Gasteiger partial charge in [-0.25, -0.2) is 13.6 Å². The molecule has 9 heteroatoms. The fourth-order valence-electron chi connectivity index (χ4n) is 2.70. The topological polar surface area (TPSA) is 110 Å². The fraction of sp³-hybridized carbons (Fsp3) is 0.300. The maximum Gasteiger partial charge on any atom is 0.251 e. The van der Waals surface area contributed by atoms with Crippen molar-refractivity contribution in [1.82, 2.24) is 10.2 Å². The van der Waals surface area contributed by atoms with Crippen molar-refractivity contribution in [2.75, 3.05) is 13.6 Å². The molecule has 7 nitrogen and oxygen atoms in total. The molecule has 0 saturated heterocycles. The summed E-state index contributed by atoms with van der Waals surface area (Å²) in [5.41, 5.74) is 1.30. The molecule has 2 aromatic rings. The lowest BCUT2D eigenvalue weighted by Crippen LogP contribution is -2.31. The number of nitrogens with one attached hydrogen (secondary N) is 1. The van der Waals surface area contributed by atoms with Crippen molar-refractivity contribution in [3.8, 4) is 0 Å². The molecule has 2 amide bonds. The lowest BCUT2D eigenvalue weighted by molar-refractivity contribution is -0.131. The van der Waals surface area contributed by atoms with Gasteiger partial charge in [0.1, 0.15) is 0 Å². The van der Waals surface area contributed by atoms with Crippen LogP contribution in [-0.2, 0) is 14.8 Å². The highest BCUT2D eigenvalue weighted by Crippen LogP contribution is 2.21. The van der Waals surface area contributed by atoms with Crippen molar-refractivity contribution in [3.05, 3.63) is 64.7 Å². The number of sulfonamides is 1. The third-order valence-electron chi connectivity index (χ3n) is 4.62. The Labute approximate surface area is 175 Å². The largest absolute Gasteiger partial charge is 0.352 e. The van der Waals surface area contributed by atoms with Gasteiger partial charge in [-0.05, 0) is 55.3 Å². The Morgan fingerprint density at radius 1 is 1.10 bits per heavy atom. The van der Waals surface area contributed by atoms with Crippen molar-refractivity contribution in [3.63, 3.8) is 0 Å². The lowest BCUT2D eigenvalue weighted by Gasteiger charge is -2.25. The zero-order valence-electron chi connectivity index (χ0n) is 16.3. The highest BCUT2D eigenvalue weighted by Gasteiger charge is 2.18. The normalized spacial score (nSPS) is 12.3. The summed E-state index contributed by atoms with van der Waals surface area (Å²) < 4.78 is 22.7. The Bertz CT molecular complexity index is 960. The standard InChI is InChI=1S/C20H24ClN3O4S/c1-14(15-7-11-18(12-8-15)29(22,27)28)24(2)19(25)4-3-13-23-20(26)16-5-9-17(21)10-6-16/h5-12,14H,3-4,13H2,1-2H3,(H,23,26)(H2,22,27,28). The van der Waals surface area contributed by atoms with Crippen LogP contribution in [0.5, 0.6) is 0 Å². The highest BCUT2D eigenvalue weighted by molar-refractivity contribution is 7.89. The molecule has 0 aliphatic rings. The highest BCUT2D eigenvalue weighted by atomic mass is 35.5. The molecule has 29 heavy (non-hydrogen) atoms. The average Bonchev–Trinajstić information content (AvgIpc) is 2.69. The van der Waals surface area contributed by atoms with Crippen molar-refractivity contribution in [2.24, 2.45) is 5.14 Å². The number of rotatable bonds is 8. The average molecular weight is 438 g/mol. The van der Waals surface area contributed by atoms with Gasteiger partial charge in [0.25, 0.3) is 5.91 Å². The third-order valence-corrected chi connectivity index (χ3v) is 5.81. The molecule has 2 aromatic carbocycles. The summed E-state index contributed by atoms with van der Waals surface area (Å²) in [5.74, 6) is -0.292. The van der Waals surface area contributed by atoms with Gasteiger partial charge in [0.15, 0.2) is 0 Å². The van der Waals surface area contributed by atoms with Crippen LogP contribution in [0, 0.1) is 0 Å². The van der Waals surface area contributed by atoms with Crippen LogP contribution in [0.4, 0.5) is 0 Å². The number of nitrogens with zero attached hydrogens (tertiary/aromatic N) is 1. The molecule has 0 bridgehead atoms. The first-order valence-corrected chi connectivity index (χ1v) is 10.9. The minimum Gasteiger partial charge on any atom is -0.352 e. The molecule has 156 valence electrons. The molecule has 0 aromatic heterocycles. The van der Waals surface area contributed by atoms with Crippen molar-refractivity contribution in [2.45, 2.75) is 30.7 Å². The van der Waals surface area contributed by atoms with Crippen LogP contribution in [0.3, 0.4) is 0 Å². The summed E-state index contributed by atoms with van der Waals surface area (Å²) in [6.07, 6.45) is 0.774. The third kappa shape index (κ3) is 6.56. The number of primary sulfonamides is 1. The molecule has 3 N–H and O–H groups in total. The maximum atomic E-state index is 12.4. The first-order chi connectivity index (χ1) is 13.6. The van der Waals surface area contributed by atoms with E-state index in [1.54, 1.807) is 48.3 Å². The lowest BCUT2D eigenvalue weighted by atomic mass is 10.1. The number of nitrogens with two attached hydrogens (primary N) is 1. The number of halogens is 1. The van der Waals surface area contributed by atoms with E-state index in [9.17, 15) is 18.0 Å². The summed E-state index contributed by atoms with van der Waals surface area (Å²) in [7, 11) is -2.06. The van der Waals surface area contributed by atoms with Gasteiger partial charge in [0.05, 0.1) is 10.9 Å². The zero-order valence-corrected chi connectivity index (χ0v) is 17.8. The van der Waals surface area contributed by atoms with Crippen LogP contribution in [0.15, 0.2) is 53.4 Å². The first-order valence-electron chi connectivity index (χ1n) is 9.02. The number of carbonyl (C=O) groups excluding carboxylic acids is 2. The molecule has 0 radical (unpaired) electrons. The van der Waals surface area contributed by atoms with Crippen LogP contribution in [0.1, 0.15) is 41.7 Å². The van der Waals surface area contributed by atoms with Gasteiger partial charge in [-0.1, -0.05) is 23.7 Å². The molecule has 0 saturated carbocycles. The molecule has 0 fully saturated rings. The van der Waals surface area contributed by atoms with Crippen molar-refractivity contribution < 1.29 is 18.0 Å². The second-order valence-corrected chi connectivity index (χ2v) is 8.66. The second-order valence-electron chi connectivity index (χ2n) is 6.66. The summed E-state index contributed by atoms with van der Waals surface area (Å²) in [4.78, 5) is 26.1. The van der Waals surface area contributed by atoms with Crippen LogP contribution in [0.25, 0.3) is 0 Å². The van der Waals surface area contributed by atoms with Crippen molar-refractivity contribution >= 4 is 33.4 Å². The smallest absolute Gasteiger partial charge is 0.251 e. The van der Waals surface area contributed by atoms with Crippen LogP contribution in [-0.4, -0.2) is 38.7 Å². The van der Waals surface area contributed by atoms with Gasteiger partial charge in [-0.15, -0.1) is 0 Å². The van der Waals surface area contributed by atoms with Gasteiger partial charge < -0.3 is 10.2 Å². The molecule has 1 unspecified atom stereocenters. The SMILES string of the molecule is CC(c1ccc(S(N)(=O)=O)cc1)N(C)C(=O)CCCNC(=O)c1ccc(Cl)cc1. The van der Waals surface area contributed by atoms with E-state index in [0.29, 0.717) is 23.6 Å². The van der Waals surface area contributed by atoms with E-state index < -0.39 is 10.0 Å². The number of hydrogen-bond acceptors (Lipinski definition) is 4. The Kier molecular flexibility index (Phi) is 7.78. The Hall–Kier alpha value is -2.42. The Morgan fingerprint density at radius 3 is 2.24 bits per heavy atom. The van der Waals surface area contributed by atoms with Gasteiger partial charge in [-0.2, -0.15) is 0 Å². The predicted molar refractivity (Wildman–Crippen MR) is 112 cm³/mol. The summed E-state index contributed by atoms with van der Waals surface area (Å²) in [6.45, 7) is 2.23. The van der Waals surface area contributed by atoms with Crippen LogP contribution < -0.4 is 10.5 Å². The monoisotopic (exact) mass is 437 g/mol. The van der Waals surface area contributed by atoms with E-state index in [2.05, 4.69) is 5.32 Å². The van der Waals surface area contributed by atoms with E-state index in [1.165, 1.54) is 12.1 Å². The first kappa shape index (κ1) is 22.9. The number of amides is 2. The van der Waals surface area contributed by atoms with Gasteiger partial charge in [-0.3, -0.25) is 9.59 Å². The number of hydrogen-bond donors (Lipinski definition) is 2. The van der Waals surface area contributed by atoms with Gasteiger partial charge in [0.2, 0.25) is 15.9 Å². The van der Waals surface area contributed by atoms with Gasteiger partial charge >= 0.3 is 0 Å². The fourth-order valence-corrected chi connectivity index (χ4v) is 3.34.